The van der Waals surface area contributed by atoms with Crippen molar-refractivity contribution < 1.29 is 14.7 Å². The Hall–Kier alpha value is -4.15. The first-order valence-corrected chi connectivity index (χ1v) is 10.5. The average Bonchev–Trinajstić information content (AvgIpc) is 3.27. The molecule has 3 aromatic carbocycles. The minimum Gasteiger partial charge on any atom is -0.478 e. The summed E-state index contributed by atoms with van der Waals surface area (Å²) in [5.41, 5.74) is 4.35. The first-order valence-electron chi connectivity index (χ1n) is 9.76. The van der Waals surface area contributed by atoms with Crippen molar-refractivity contribution in [3.05, 3.63) is 100 Å². The molecule has 0 aliphatic heterocycles. The van der Waals surface area contributed by atoms with Gasteiger partial charge in [-0.3, -0.25) is 4.79 Å². The van der Waals surface area contributed by atoms with Crippen molar-refractivity contribution in [3.8, 4) is 6.07 Å². The number of carbonyl (C=O) groups is 2. The van der Waals surface area contributed by atoms with Crippen LogP contribution < -0.4 is 0 Å². The fourth-order valence-corrected chi connectivity index (χ4v) is 3.94. The van der Waals surface area contributed by atoms with Crippen LogP contribution in [-0.2, 0) is 11.2 Å². The Bertz CT molecular complexity index is 1400. The van der Waals surface area contributed by atoms with E-state index in [1.807, 2.05) is 19.1 Å². The van der Waals surface area contributed by atoms with E-state index < -0.39 is 5.97 Å². The van der Waals surface area contributed by atoms with E-state index in [1.54, 1.807) is 54.6 Å². The first-order chi connectivity index (χ1) is 15.5. The van der Waals surface area contributed by atoms with Gasteiger partial charge in [0.05, 0.1) is 28.9 Å². The maximum Gasteiger partial charge on any atom is 0.336 e. The van der Waals surface area contributed by atoms with Gasteiger partial charge in [-0.05, 0) is 42.3 Å². The lowest BCUT2D eigenvalue weighted by atomic mass is 9.89. The Morgan fingerprint density at radius 2 is 1.59 bits per heavy atom. The zero-order valence-electron chi connectivity index (χ0n) is 17.1. The third-order valence-electron chi connectivity index (χ3n) is 5.11. The number of nitrogens with zero attached hydrogens (tertiary/aromatic N) is 3. The van der Waals surface area contributed by atoms with Crippen molar-refractivity contribution in [2.45, 2.75) is 13.3 Å². The van der Waals surface area contributed by atoms with Gasteiger partial charge in [0.15, 0.2) is 5.78 Å². The van der Waals surface area contributed by atoms with E-state index >= 15 is 0 Å². The number of hydrogen-bond acceptors (Lipinski definition) is 6. The Morgan fingerprint density at radius 1 is 0.938 bits per heavy atom. The minimum absolute atomic E-state index is 0.0742. The van der Waals surface area contributed by atoms with Gasteiger partial charge in [0, 0.05) is 17.6 Å². The molecule has 7 heteroatoms. The van der Waals surface area contributed by atoms with E-state index in [1.165, 1.54) is 0 Å². The lowest BCUT2D eigenvalue weighted by molar-refractivity contribution is -0.130. The van der Waals surface area contributed by atoms with Gasteiger partial charge in [-0.1, -0.05) is 48.0 Å². The number of ketones is 1. The Morgan fingerprint density at radius 3 is 2.25 bits per heavy atom. The summed E-state index contributed by atoms with van der Waals surface area (Å²) in [5.74, 6) is -1.56. The van der Waals surface area contributed by atoms with E-state index in [-0.39, 0.29) is 23.4 Å². The maximum atomic E-state index is 13.5. The number of carbonyl (C=O) groups excluding carboxylic acids is 1. The van der Waals surface area contributed by atoms with Gasteiger partial charge in [0.25, 0.3) is 0 Å². The molecule has 0 fully saturated rings. The molecule has 0 saturated carbocycles. The lowest BCUT2D eigenvalue weighted by Crippen LogP contribution is -2.14. The Kier molecular flexibility index (Phi) is 5.88. The van der Waals surface area contributed by atoms with Crippen LogP contribution in [0.3, 0.4) is 0 Å². The fraction of sp³-hybridized carbons (Fsp3) is 0.0800. The van der Waals surface area contributed by atoms with Gasteiger partial charge in [0.1, 0.15) is 11.0 Å². The van der Waals surface area contributed by atoms with Crippen LogP contribution in [0.15, 0.2) is 72.3 Å². The third-order valence-corrected chi connectivity index (χ3v) is 5.67. The highest BCUT2D eigenvalue weighted by Crippen LogP contribution is 2.28. The molecule has 0 spiro atoms. The molecule has 0 amide bonds. The molecule has 156 valence electrons. The van der Waals surface area contributed by atoms with Gasteiger partial charge in [-0.25, -0.2) is 4.79 Å². The highest BCUT2D eigenvalue weighted by molar-refractivity contribution is 7.00. The number of carboxylic acid groups (broad SMARTS) is 1. The number of allylic oxidation sites excluding steroid dienone is 1. The molecule has 32 heavy (non-hydrogen) atoms. The molecule has 1 heterocycles. The lowest BCUT2D eigenvalue weighted by Gasteiger charge is -2.13. The topological polar surface area (TPSA) is 104 Å². The number of benzene rings is 3. The molecular weight excluding hydrogens is 422 g/mol. The summed E-state index contributed by atoms with van der Waals surface area (Å²) in [7, 11) is 0. The van der Waals surface area contributed by atoms with Crippen molar-refractivity contribution in [1.82, 2.24) is 8.75 Å². The third kappa shape index (κ3) is 4.31. The standard InChI is InChI=1S/C25H17N3O3S/c1-15-2-8-18(9-3-15)24(29)20(12-16-4-6-17(14-26)7-5-16)23(25(30)31)19-10-11-21-22(13-19)28-32-27-21/h2-11,13H,12H2,1H3,(H,30,31). The molecule has 1 aromatic heterocycles. The number of aliphatic carboxylic acids is 1. The molecule has 0 saturated heterocycles. The second kappa shape index (κ2) is 8.92. The van der Waals surface area contributed by atoms with Crippen LogP contribution in [0.4, 0.5) is 0 Å². The summed E-state index contributed by atoms with van der Waals surface area (Å²) < 4.78 is 8.35. The molecule has 0 atom stereocenters. The van der Waals surface area contributed by atoms with Crippen LogP contribution >= 0.6 is 11.7 Å². The van der Waals surface area contributed by atoms with Crippen LogP contribution in [0.2, 0.25) is 0 Å². The molecule has 6 nitrogen and oxygen atoms in total. The van der Waals surface area contributed by atoms with E-state index in [0.717, 1.165) is 22.9 Å². The van der Waals surface area contributed by atoms with Gasteiger partial charge in [-0.2, -0.15) is 14.0 Å². The molecular formula is C25H17N3O3S. The van der Waals surface area contributed by atoms with Crippen LogP contribution in [-0.4, -0.2) is 25.6 Å². The van der Waals surface area contributed by atoms with Crippen molar-refractivity contribution in [2.75, 3.05) is 0 Å². The average molecular weight is 439 g/mol. The van der Waals surface area contributed by atoms with Crippen LogP contribution in [0.1, 0.15) is 32.6 Å². The highest BCUT2D eigenvalue weighted by Gasteiger charge is 2.24. The Balaban J connectivity index is 1.89. The summed E-state index contributed by atoms with van der Waals surface area (Å²) in [4.78, 5) is 25.9. The summed E-state index contributed by atoms with van der Waals surface area (Å²) in [6, 6.07) is 20.8. The highest BCUT2D eigenvalue weighted by atomic mass is 32.1. The summed E-state index contributed by atoms with van der Waals surface area (Å²) in [6.07, 6.45) is 0.105. The monoisotopic (exact) mass is 439 g/mol. The second-order valence-corrected chi connectivity index (χ2v) is 7.84. The molecule has 4 aromatic rings. The summed E-state index contributed by atoms with van der Waals surface area (Å²) in [6.45, 7) is 1.92. The molecule has 0 radical (unpaired) electrons. The maximum absolute atomic E-state index is 13.5. The van der Waals surface area contributed by atoms with E-state index in [2.05, 4.69) is 14.8 Å². The number of aryl methyl sites for hydroxylation is 1. The van der Waals surface area contributed by atoms with E-state index in [9.17, 15) is 14.7 Å². The quantitative estimate of drug-likeness (QED) is 0.341. The number of nitriles is 1. The summed E-state index contributed by atoms with van der Waals surface area (Å²) in [5, 5.41) is 19.2. The zero-order valence-corrected chi connectivity index (χ0v) is 17.9. The number of rotatable bonds is 6. The van der Waals surface area contributed by atoms with Crippen molar-refractivity contribution >= 4 is 40.1 Å². The minimum atomic E-state index is -1.20. The van der Waals surface area contributed by atoms with E-state index in [4.69, 9.17) is 5.26 Å². The molecule has 0 unspecified atom stereocenters. The predicted molar refractivity (Wildman–Crippen MR) is 122 cm³/mol. The van der Waals surface area contributed by atoms with Crippen LogP contribution in [0, 0.1) is 18.3 Å². The van der Waals surface area contributed by atoms with Crippen LogP contribution in [0.5, 0.6) is 0 Å². The van der Waals surface area contributed by atoms with Crippen molar-refractivity contribution in [3.63, 3.8) is 0 Å². The normalized spacial score (nSPS) is 11.6. The van der Waals surface area contributed by atoms with Gasteiger partial charge >= 0.3 is 5.97 Å². The number of hydrogen-bond donors (Lipinski definition) is 1. The van der Waals surface area contributed by atoms with Crippen molar-refractivity contribution in [2.24, 2.45) is 0 Å². The molecule has 1 N–H and O–H groups in total. The Labute approximate surface area is 188 Å². The smallest absolute Gasteiger partial charge is 0.336 e. The predicted octanol–water partition coefficient (Wildman–Crippen LogP) is 4.84. The van der Waals surface area contributed by atoms with Gasteiger partial charge < -0.3 is 5.11 Å². The van der Waals surface area contributed by atoms with Gasteiger partial charge in [-0.15, -0.1) is 0 Å². The molecule has 4 rings (SSSR count). The van der Waals surface area contributed by atoms with Crippen molar-refractivity contribution in [1.29, 1.82) is 5.26 Å². The largest absolute Gasteiger partial charge is 0.478 e. The second-order valence-electron chi connectivity index (χ2n) is 7.31. The summed E-state index contributed by atoms with van der Waals surface area (Å²) >= 11 is 1.04. The number of Topliss-reactive ketones (excluding diaryl/α,β-unsaturated/α-hetero) is 1. The molecule has 0 aliphatic carbocycles. The number of carboxylic acids is 1. The van der Waals surface area contributed by atoms with Crippen LogP contribution in [0.25, 0.3) is 16.6 Å². The number of fused-ring (bicyclic) bond motifs is 1. The fourth-order valence-electron chi connectivity index (χ4n) is 3.43. The molecule has 0 aliphatic rings. The number of aromatic nitrogens is 2. The zero-order chi connectivity index (χ0) is 22.7. The first kappa shape index (κ1) is 21.1. The van der Waals surface area contributed by atoms with Gasteiger partial charge in [0.2, 0.25) is 0 Å². The van der Waals surface area contributed by atoms with E-state index in [0.29, 0.717) is 27.7 Å². The molecule has 0 bridgehead atoms. The SMILES string of the molecule is Cc1ccc(C(=O)C(Cc2ccc(C#N)cc2)=C(C(=O)O)c2ccc3nsnc3c2)cc1.